The molecule has 0 radical (unpaired) electrons. The van der Waals surface area contributed by atoms with Gasteiger partial charge in [-0.15, -0.1) is 0 Å². The van der Waals surface area contributed by atoms with Crippen molar-refractivity contribution in [3.8, 4) is 11.5 Å². The molecule has 2 rings (SSSR count). The van der Waals surface area contributed by atoms with Gasteiger partial charge in [-0.3, -0.25) is 5.43 Å². The molecule has 1 heterocycles. The summed E-state index contributed by atoms with van der Waals surface area (Å²) in [6, 6.07) is 3.78. The third-order valence-corrected chi connectivity index (χ3v) is 4.42. The Hall–Kier alpha value is -1.38. The maximum absolute atomic E-state index is 5.71. The van der Waals surface area contributed by atoms with Crippen LogP contribution in [0.15, 0.2) is 21.7 Å². The van der Waals surface area contributed by atoms with Crippen molar-refractivity contribution in [1.82, 2.24) is 10.7 Å². The van der Waals surface area contributed by atoms with Crippen molar-refractivity contribution in [2.45, 2.75) is 32.3 Å². The molecule has 0 saturated carbocycles. The van der Waals surface area contributed by atoms with Gasteiger partial charge in [-0.25, -0.2) is 0 Å². The monoisotopic (exact) mass is 429 g/mol. The molecular formula is C17H24BrN3O3S. The van der Waals surface area contributed by atoms with E-state index in [0.717, 1.165) is 35.9 Å². The molecule has 1 atom stereocenters. The van der Waals surface area contributed by atoms with Crippen LogP contribution < -0.4 is 20.2 Å². The highest BCUT2D eigenvalue weighted by Crippen LogP contribution is 2.36. The van der Waals surface area contributed by atoms with Gasteiger partial charge in [-0.1, -0.05) is 6.92 Å². The molecule has 1 aliphatic heterocycles. The van der Waals surface area contributed by atoms with Crippen molar-refractivity contribution in [1.29, 1.82) is 0 Å². The second-order valence-electron chi connectivity index (χ2n) is 5.60. The standard InChI is InChI=1S/C17H24BrN3O3S/c1-3-6-24-16-14(18)8-12(9-15(16)22-2)10-20-21-17(25)19-11-13-5-4-7-23-13/h8-10,13H,3-7,11H2,1-2H3,(H2,19,21,25)/b20-10-/t13-/m1/s1. The average Bonchev–Trinajstić information content (AvgIpc) is 3.12. The largest absolute Gasteiger partial charge is 0.493 e. The Kier molecular flexibility index (Phi) is 8.43. The van der Waals surface area contributed by atoms with Gasteiger partial charge in [0.15, 0.2) is 16.6 Å². The minimum atomic E-state index is 0.236. The molecule has 1 aliphatic rings. The Bertz CT molecular complexity index is 607. The molecule has 2 N–H and O–H groups in total. The smallest absolute Gasteiger partial charge is 0.187 e. The zero-order valence-electron chi connectivity index (χ0n) is 14.5. The second-order valence-corrected chi connectivity index (χ2v) is 6.86. The van der Waals surface area contributed by atoms with Gasteiger partial charge in [0, 0.05) is 13.2 Å². The SMILES string of the molecule is CCCOc1c(Br)cc(/C=N\NC(=S)NC[C@H]2CCCO2)cc1OC. The first-order valence-corrected chi connectivity index (χ1v) is 9.53. The Morgan fingerprint density at radius 2 is 2.36 bits per heavy atom. The van der Waals surface area contributed by atoms with Crippen molar-refractivity contribution in [2.24, 2.45) is 5.10 Å². The van der Waals surface area contributed by atoms with Crippen LogP contribution in [0.5, 0.6) is 11.5 Å². The van der Waals surface area contributed by atoms with Crippen LogP contribution in [0.2, 0.25) is 0 Å². The zero-order valence-corrected chi connectivity index (χ0v) is 16.9. The van der Waals surface area contributed by atoms with E-state index >= 15 is 0 Å². The van der Waals surface area contributed by atoms with Crippen molar-refractivity contribution >= 4 is 39.5 Å². The van der Waals surface area contributed by atoms with Gasteiger partial charge in [-0.2, -0.15) is 5.10 Å². The van der Waals surface area contributed by atoms with Crippen LogP contribution in [0.1, 0.15) is 31.7 Å². The van der Waals surface area contributed by atoms with Gasteiger partial charge in [0.2, 0.25) is 0 Å². The molecule has 0 aromatic heterocycles. The molecule has 1 aromatic carbocycles. The van der Waals surface area contributed by atoms with Crippen LogP contribution in [0.25, 0.3) is 0 Å². The van der Waals surface area contributed by atoms with Crippen LogP contribution in [-0.2, 0) is 4.74 Å². The summed E-state index contributed by atoms with van der Waals surface area (Å²) in [6.07, 6.45) is 5.02. The summed E-state index contributed by atoms with van der Waals surface area (Å²) in [5.41, 5.74) is 3.67. The fourth-order valence-corrected chi connectivity index (χ4v) is 3.09. The molecule has 1 aromatic rings. The van der Waals surface area contributed by atoms with E-state index in [-0.39, 0.29) is 6.10 Å². The number of halogens is 1. The van der Waals surface area contributed by atoms with E-state index in [4.69, 9.17) is 26.4 Å². The van der Waals surface area contributed by atoms with E-state index in [1.807, 2.05) is 12.1 Å². The van der Waals surface area contributed by atoms with Crippen LogP contribution in [0, 0.1) is 0 Å². The Balaban J connectivity index is 1.88. The predicted octanol–water partition coefficient (Wildman–Crippen LogP) is 3.22. The fraction of sp³-hybridized carbons (Fsp3) is 0.529. The van der Waals surface area contributed by atoms with E-state index in [9.17, 15) is 0 Å². The van der Waals surface area contributed by atoms with Gasteiger partial charge in [0.05, 0.1) is 30.5 Å². The number of thiocarbonyl (C=S) groups is 1. The summed E-state index contributed by atoms with van der Waals surface area (Å²) in [4.78, 5) is 0. The van der Waals surface area contributed by atoms with Gasteiger partial charge in [0.1, 0.15) is 0 Å². The van der Waals surface area contributed by atoms with Crippen LogP contribution in [-0.4, -0.2) is 44.3 Å². The van der Waals surface area contributed by atoms with Crippen molar-refractivity contribution in [3.05, 3.63) is 22.2 Å². The maximum atomic E-state index is 5.71. The number of methoxy groups -OCH3 is 1. The lowest BCUT2D eigenvalue weighted by Gasteiger charge is -2.13. The molecule has 1 fully saturated rings. The first-order valence-electron chi connectivity index (χ1n) is 8.32. The fourth-order valence-electron chi connectivity index (χ4n) is 2.38. The number of ether oxygens (including phenoxy) is 3. The van der Waals surface area contributed by atoms with E-state index in [0.29, 0.717) is 29.8 Å². The highest BCUT2D eigenvalue weighted by Gasteiger charge is 2.15. The Morgan fingerprint density at radius 1 is 1.52 bits per heavy atom. The number of hydrogen-bond donors (Lipinski definition) is 2. The molecule has 0 unspecified atom stereocenters. The lowest BCUT2D eigenvalue weighted by atomic mass is 10.2. The van der Waals surface area contributed by atoms with Crippen molar-refractivity contribution < 1.29 is 14.2 Å². The molecule has 0 aliphatic carbocycles. The zero-order chi connectivity index (χ0) is 18.1. The molecular weight excluding hydrogens is 406 g/mol. The van der Waals surface area contributed by atoms with Crippen LogP contribution >= 0.6 is 28.1 Å². The van der Waals surface area contributed by atoms with Gasteiger partial charge in [-0.05, 0) is 65.1 Å². The number of hydrogen-bond acceptors (Lipinski definition) is 5. The quantitative estimate of drug-likeness (QED) is 0.375. The second kappa shape index (κ2) is 10.6. The molecule has 1 saturated heterocycles. The van der Waals surface area contributed by atoms with Crippen LogP contribution in [0.3, 0.4) is 0 Å². The number of benzene rings is 1. The number of hydrazone groups is 1. The number of rotatable bonds is 8. The maximum Gasteiger partial charge on any atom is 0.187 e. The third kappa shape index (κ3) is 6.45. The molecule has 6 nitrogen and oxygen atoms in total. The highest BCUT2D eigenvalue weighted by atomic mass is 79.9. The normalized spacial score (nSPS) is 16.8. The lowest BCUT2D eigenvalue weighted by molar-refractivity contribution is 0.114. The Morgan fingerprint density at radius 3 is 3.04 bits per heavy atom. The summed E-state index contributed by atoms with van der Waals surface area (Å²) in [7, 11) is 1.61. The van der Waals surface area contributed by atoms with E-state index in [2.05, 4.69) is 38.7 Å². The third-order valence-electron chi connectivity index (χ3n) is 3.60. The topological polar surface area (TPSA) is 64.1 Å². The van der Waals surface area contributed by atoms with Crippen molar-refractivity contribution in [3.63, 3.8) is 0 Å². The first-order chi connectivity index (χ1) is 12.1. The molecule has 0 amide bonds. The van der Waals surface area contributed by atoms with E-state index in [1.54, 1.807) is 13.3 Å². The summed E-state index contributed by atoms with van der Waals surface area (Å²) in [5, 5.41) is 7.74. The number of nitrogens with zero attached hydrogens (tertiary/aromatic N) is 1. The molecule has 8 heteroatoms. The van der Waals surface area contributed by atoms with Gasteiger partial charge in [0.25, 0.3) is 0 Å². The van der Waals surface area contributed by atoms with Crippen LogP contribution in [0.4, 0.5) is 0 Å². The average molecular weight is 430 g/mol. The minimum absolute atomic E-state index is 0.236. The molecule has 25 heavy (non-hydrogen) atoms. The summed E-state index contributed by atoms with van der Waals surface area (Å²) >= 11 is 8.71. The molecule has 0 spiro atoms. The summed E-state index contributed by atoms with van der Waals surface area (Å²) in [6.45, 7) is 4.22. The highest BCUT2D eigenvalue weighted by molar-refractivity contribution is 9.10. The molecule has 0 bridgehead atoms. The van der Waals surface area contributed by atoms with Gasteiger partial charge >= 0.3 is 0 Å². The summed E-state index contributed by atoms with van der Waals surface area (Å²) in [5.74, 6) is 1.35. The van der Waals surface area contributed by atoms with E-state index in [1.165, 1.54) is 0 Å². The minimum Gasteiger partial charge on any atom is -0.493 e. The molecule has 138 valence electrons. The lowest BCUT2D eigenvalue weighted by Crippen LogP contribution is -2.37. The number of nitrogens with one attached hydrogen (secondary N) is 2. The first kappa shape index (κ1) is 19.9. The summed E-state index contributed by atoms with van der Waals surface area (Å²) < 4.78 is 17.5. The van der Waals surface area contributed by atoms with Crippen molar-refractivity contribution in [2.75, 3.05) is 26.9 Å². The van der Waals surface area contributed by atoms with E-state index < -0.39 is 0 Å². The Labute approximate surface area is 162 Å². The predicted molar refractivity (Wildman–Crippen MR) is 107 cm³/mol. The van der Waals surface area contributed by atoms with Gasteiger partial charge < -0.3 is 19.5 Å².